The number of carbonyl (C=O) groups is 1. The van der Waals surface area contributed by atoms with E-state index < -0.39 is 11.7 Å². The van der Waals surface area contributed by atoms with Gasteiger partial charge in [0.1, 0.15) is 5.75 Å². The molecule has 0 radical (unpaired) electrons. The molecule has 0 saturated heterocycles. The number of aromatic amines is 1. The Kier molecular flexibility index (Phi) is 5.25. The first-order chi connectivity index (χ1) is 12.4. The van der Waals surface area contributed by atoms with Crippen molar-refractivity contribution in [3.05, 3.63) is 86.5 Å². The van der Waals surface area contributed by atoms with Crippen LogP contribution < -0.4 is 15.6 Å². The Morgan fingerprint density at radius 3 is 2.65 bits per heavy atom. The van der Waals surface area contributed by atoms with Crippen molar-refractivity contribution in [1.29, 1.82) is 0 Å². The fourth-order valence-electron chi connectivity index (χ4n) is 2.18. The third-order valence-electron chi connectivity index (χ3n) is 3.35. The van der Waals surface area contributed by atoms with Crippen LogP contribution in [-0.2, 0) is 0 Å². The Hall–Kier alpha value is -2.83. The fourth-order valence-corrected chi connectivity index (χ4v) is 2.54. The summed E-state index contributed by atoms with van der Waals surface area (Å²) in [6, 6.07) is 11.1. The molecule has 1 amide bonds. The molecule has 0 unspecified atom stereocenters. The second-order valence-electron chi connectivity index (χ2n) is 5.19. The average molecular weight is 393 g/mol. The zero-order valence-corrected chi connectivity index (χ0v) is 14.6. The number of hydrogen-bond donors (Lipinski definition) is 2. The number of hydrogen-bond acceptors (Lipinski definition) is 3. The molecule has 1 aromatic heterocycles. The van der Waals surface area contributed by atoms with Gasteiger partial charge in [-0.1, -0.05) is 29.3 Å². The van der Waals surface area contributed by atoms with Gasteiger partial charge >= 0.3 is 0 Å². The number of H-pyrrole nitrogens is 1. The van der Waals surface area contributed by atoms with Crippen LogP contribution in [0.1, 0.15) is 10.4 Å². The van der Waals surface area contributed by atoms with E-state index in [0.717, 1.165) is 0 Å². The Balaban J connectivity index is 1.95. The Bertz CT molecular complexity index is 1020. The predicted octanol–water partition coefficient (Wildman–Crippen LogP) is 4.87. The fraction of sp³-hybridized carbons (Fsp3) is 0. The van der Waals surface area contributed by atoms with Crippen LogP contribution in [0.25, 0.3) is 0 Å². The van der Waals surface area contributed by atoms with Crippen LogP contribution >= 0.6 is 23.2 Å². The van der Waals surface area contributed by atoms with Crippen molar-refractivity contribution in [1.82, 2.24) is 4.98 Å². The number of ether oxygens (including phenoxy) is 1. The molecule has 0 atom stereocenters. The van der Waals surface area contributed by atoms with Gasteiger partial charge in [0.2, 0.25) is 5.56 Å². The number of halogens is 3. The van der Waals surface area contributed by atoms with Gasteiger partial charge in [-0.25, -0.2) is 4.39 Å². The molecule has 0 aliphatic carbocycles. The molecule has 2 aromatic carbocycles. The first-order valence-corrected chi connectivity index (χ1v) is 8.11. The number of amides is 1. The standard InChI is InChI=1S/C18H11Cl2FN2O3/c19-10-4-5-12(18(25)23-11-6-7-22-16(24)9-11)15(8-10)26-17-13(20)2-1-3-14(17)21/h1-9H,(H2,22,23,24,25). The zero-order chi connectivity index (χ0) is 18.7. The van der Waals surface area contributed by atoms with Crippen LogP contribution in [0.3, 0.4) is 0 Å². The quantitative estimate of drug-likeness (QED) is 0.665. The molecular formula is C18H11Cl2FN2O3. The zero-order valence-electron chi connectivity index (χ0n) is 13.1. The minimum atomic E-state index is -0.682. The molecule has 0 fully saturated rings. The number of anilines is 1. The first kappa shape index (κ1) is 18.0. The molecule has 26 heavy (non-hydrogen) atoms. The van der Waals surface area contributed by atoms with Crippen LogP contribution in [-0.4, -0.2) is 10.9 Å². The molecule has 0 aliphatic rings. The van der Waals surface area contributed by atoms with Crippen LogP contribution in [0.5, 0.6) is 11.5 Å². The van der Waals surface area contributed by atoms with E-state index in [4.69, 9.17) is 27.9 Å². The summed E-state index contributed by atoms with van der Waals surface area (Å²) in [7, 11) is 0. The minimum Gasteiger partial charge on any atom is -0.452 e. The average Bonchev–Trinajstić information content (AvgIpc) is 2.58. The van der Waals surface area contributed by atoms with Crippen molar-refractivity contribution in [3.8, 4) is 11.5 Å². The highest BCUT2D eigenvalue weighted by atomic mass is 35.5. The molecule has 3 aromatic rings. The summed E-state index contributed by atoms with van der Waals surface area (Å²) in [5.74, 6) is -1.44. The van der Waals surface area contributed by atoms with Gasteiger partial charge in [0, 0.05) is 29.0 Å². The van der Waals surface area contributed by atoms with Crippen LogP contribution in [0.2, 0.25) is 10.0 Å². The van der Waals surface area contributed by atoms with E-state index in [-0.39, 0.29) is 27.6 Å². The van der Waals surface area contributed by atoms with E-state index in [1.54, 1.807) is 0 Å². The van der Waals surface area contributed by atoms with E-state index in [2.05, 4.69) is 10.3 Å². The number of rotatable bonds is 4. The first-order valence-electron chi connectivity index (χ1n) is 7.35. The van der Waals surface area contributed by atoms with E-state index in [0.29, 0.717) is 10.7 Å². The predicted molar refractivity (Wildman–Crippen MR) is 98.0 cm³/mol. The smallest absolute Gasteiger partial charge is 0.259 e. The number of carbonyl (C=O) groups excluding carboxylic acids is 1. The van der Waals surface area contributed by atoms with Crippen molar-refractivity contribution in [2.45, 2.75) is 0 Å². The van der Waals surface area contributed by atoms with Gasteiger partial charge in [-0.05, 0) is 30.3 Å². The second-order valence-corrected chi connectivity index (χ2v) is 6.03. The topological polar surface area (TPSA) is 71.2 Å². The molecule has 0 aliphatic heterocycles. The highest BCUT2D eigenvalue weighted by molar-refractivity contribution is 6.32. The molecule has 2 N–H and O–H groups in total. The summed E-state index contributed by atoms with van der Waals surface area (Å²) < 4.78 is 19.5. The monoisotopic (exact) mass is 392 g/mol. The molecule has 5 nitrogen and oxygen atoms in total. The van der Waals surface area contributed by atoms with E-state index in [9.17, 15) is 14.0 Å². The van der Waals surface area contributed by atoms with Gasteiger partial charge in [0.25, 0.3) is 5.91 Å². The lowest BCUT2D eigenvalue weighted by atomic mass is 10.1. The largest absolute Gasteiger partial charge is 0.452 e. The summed E-state index contributed by atoms with van der Waals surface area (Å²) in [4.78, 5) is 26.3. The number of aromatic nitrogens is 1. The molecular weight excluding hydrogens is 382 g/mol. The van der Waals surface area contributed by atoms with Crippen molar-refractivity contribution in [3.63, 3.8) is 0 Å². The van der Waals surface area contributed by atoms with Crippen LogP contribution in [0.15, 0.2) is 59.5 Å². The van der Waals surface area contributed by atoms with E-state index in [1.807, 2.05) is 0 Å². The number of nitrogens with one attached hydrogen (secondary N) is 2. The third kappa shape index (κ3) is 4.04. The normalized spacial score (nSPS) is 10.4. The van der Waals surface area contributed by atoms with Crippen molar-refractivity contribution in [2.75, 3.05) is 5.32 Å². The maximum Gasteiger partial charge on any atom is 0.259 e. The number of pyridine rings is 1. The van der Waals surface area contributed by atoms with Gasteiger partial charge in [0.15, 0.2) is 11.6 Å². The molecule has 132 valence electrons. The Morgan fingerprint density at radius 1 is 1.12 bits per heavy atom. The number of para-hydroxylation sites is 1. The van der Waals surface area contributed by atoms with Gasteiger partial charge < -0.3 is 15.0 Å². The highest BCUT2D eigenvalue weighted by Gasteiger charge is 2.17. The summed E-state index contributed by atoms with van der Waals surface area (Å²) in [5.41, 5.74) is 0.0195. The van der Waals surface area contributed by atoms with Gasteiger partial charge in [-0.2, -0.15) is 0 Å². The summed E-state index contributed by atoms with van der Waals surface area (Å²) >= 11 is 11.9. The Labute approximate surface area is 157 Å². The molecule has 1 heterocycles. The maximum absolute atomic E-state index is 14.0. The molecule has 0 spiro atoms. The summed E-state index contributed by atoms with van der Waals surface area (Å²) in [6.45, 7) is 0. The van der Waals surface area contributed by atoms with Crippen molar-refractivity contribution >= 4 is 34.8 Å². The van der Waals surface area contributed by atoms with Crippen LogP contribution in [0, 0.1) is 5.82 Å². The second kappa shape index (κ2) is 7.59. The van der Waals surface area contributed by atoms with Crippen molar-refractivity contribution in [2.24, 2.45) is 0 Å². The van der Waals surface area contributed by atoms with Gasteiger partial charge in [-0.3, -0.25) is 9.59 Å². The third-order valence-corrected chi connectivity index (χ3v) is 3.88. The lowest BCUT2D eigenvalue weighted by molar-refractivity contribution is 0.102. The number of benzene rings is 2. The maximum atomic E-state index is 14.0. The molecule has 0 bridgehead atoms. The van der Waals surface area contributed by atoms with E-state index in [1.165, 1.54) is 54.7 Å². The van der Waals surface area contributed by atoms with Crippen LogP contribution in [0.4, 0.5) is 10.1 Å². The highest BCUT2D eigenvalue weighted by Crippen LogP contribution is 2.35. The molecule has 8 heteroatoms. The lowest BCUT2D eigenvalue weighted by Crippen LogP contribution is -2.15. The lowest BCUT2D eigenvalue weighted by Gasteiger charge is -2.13. The summed E-state index contributed by atoms with van der Waals surface area (Å²) in [5, 5.41) is 2.90. The molecule has 3 rings (SSSR count). The minimum absolute atomic E-state index is 0.0202. The van der Waals surface area contributed by atoms with Gasteiger partial charge in [0.05, 0.1) is 10.6 Å². The Morgan fingerprint density at radius 2 is 1.92 bits per heavy atom. The van der Waals surface area contributed by atoms with Crippen molar-refractivity contribution < 1.29 is 13.9 Å². The van der Waals surface area contributed by atoms with Gasteiger partial charge in [-0.15, -0.1) is 0 Å². The van der Waals surface area contributed by atoms with E-state index >= 15 is 0 Å². The SMILES string of the molecule is O=C(Nc1cc[nH]c(=O)c1)c1ccc(Cl)cc1Oc1c(F)cccc1Cl. The molecule has 0 saturated carbocycles. The summed E-state index contributed by atoms with van der Waals surface area (Å²) in [6.07, 6.45) is 1.40.